The Hall–Kier alpha value is -2.24. The van der Waals surface area contributed by atoms with Gasteiger partial charge in [-0.1, -0.05) is 0 Å². The van der Waals surface area contributed by atoms with Crippen molar-refractivity contribution >= 4 is 16.6 Å². The van der Waals surface area contributed by atoms with Gasteiger partial charge in [0.15, 0.2) is 0 Å². The predicted octanol–water partition coefficient (Wildman–Crippen LogP) is -0.606. The summed E-state index contributed by atoms with van der Waals surface area (Å²) < 4.78 is 0.757. The molecule has 0 aliphatic rings. The highest BCUT2D eigenvalue weighted by atomic mass is 16.5. The van der Waals surface area contributed by atoms with Gasteiger partial charge in [-0.15, -0.1) is 9.46 Å². The molecule has 0 bridgehead atoms. The van der Waals surface area contributed by atoms with Crippen molar-refractivity contribution < 1.29 is 14.6 Å². The highest BCUT2D eigenvalue weighted by Gasteiger charge is 2.11. The van der Waals surface area contributed by atoms with Gasteiger partial charge in [0.1, 0.15) is 11.1 Å². The lowest BCUT2D eigenvalue weighted by molar-refractivity contribution is -0.730. The molecular formula is C8H7N3O3. The third-order valence-electron chi connectivity index (χ3n) is 1.90. The van der Waals surface area contributed by atoms with Crippen LogP contribution in [0.1, 0.15) is 0 Å². The molecule has 0 unspecified atom stereocenters. The van der Waals surface area contributed by atoms with Gasteiger partial charge in [-0.25, -0.2) is 0 Å². The number of anilines is 1. The zero-order valence-electron chi connectivity index (χ0n) is 7.04. The average molecular weight is 193 g/mol. The quantitative estimate of drug-likeness (QED) is 0.252. The minimum absolute atomic E-state index is 0.128. The fourth-order valence-corrected chi connectivity index (χ4v) is 1.24. The van der Waals surface area contributed by atoms with Gasteiger partial charge in [0.2, 0.25) is 11.7 Å². The summed E-state index contributed by atoms with van der Waals surface area (Å²) in [5.41, 5.74) is 5.74. The first kappa shape index (κ1) is 8.36. The Morgan fingerprint density at radius 1 is 1.29 bits per heavy atom. The highest BCUT2D eigenvalue weighted by molar-refractivity contribution is 5.81. The van der Waals surface area contributed by atoms with Crippen LogP contribution >= 0.6 is 0 Å². The molecule has 0 saturated carbocycles. The maximum atomic E-state index is 11.2. The second kappa shape index (κ2) is 2.63. The molecule has 72 valence electrons. The number of aromatic nitrogens is 2. The van der Waals surface area contributed by atoms with Crippen molar-refractivity contribution in [3.05, 3.63) is 35.1 Å². The summed E-state index contributed by atoms with van der Waals surface area (Å²) in [6.07, 6.45) is 2.03. The van der Waals surface area contributed by atoms with Crippen molar-refractivity contribution in [2.24, 2.45) is 0 Å². The summed E-state index contributed by atoms with van der Waals surface area (Å²) in [7, 11) is 0. The van der Waals surface area contributed by atoms with Gasteiger partial charge in [0.25, 0.3) is 0 Å². The number of aromatic hydroxyl groups is 1. The Balaban J connectivity index is 2.89. The molecule has 0 radical (unpaired) electrons. The maximum Gasteiger partial charge on any atom is 0.430 e. The molecule has 6 heteroatoms. The summed E-state index contributed by atoms with van der Waals surface area (Å²) in [5.74, 6) is -0.175. The van der Waals surface area contributed by atoms with E-state index >= 15 is 0 Å². The van der Waals surface area contributed by atoms with Crippen molar-refractivity contribution in [1.29, 1.82) is 0 Å². The van der Waals surface area contributed by atoms with Crippen LogP contribution in [0.4, 0.5) is 5.69 Å². The Morgan fingerprint density at radius 3 is 2.71 bits per heavy atom. The minimum atomic E-state index is -0.175. The van der Waals surface area contributed by atoms with Gasteiger partial charge < -0.3 is 21.3 Å². The number of nitrogen functional groups attached to an aromatic ring is 1. The molecule has 0 atom stereocenters. The van der Waals surface area contributed by atoms with Crippen LogP contribution in [-0.4, -0.2) is 5.11 Å². The molecule has 0 spiro atoms. The minimum Gasteiger partial charge on any atom is -0.614 e. The fraction of sp³-hybridized carbons (Fsp3) is 0. The predicted molar refractivity (Wildman–Crippen MR) is 47.9 cm³/mol. The first-order valence-corrected chi connectivity index (χ1v) is 3.82. The Kier molecular flexibility index (Phi) is 1.57. The number of benzene rings is 1. The molecule has 6 nitrogen and oxygen atoms in total. The van der Waals surface area contributed by atoms with Crippen LogP contribution in [0.3, 0.4) is 0 Å². The van der Waals surface area contributed by atoms with E-state index in [1.807, 2.05) is 0 Å². The monoisotopic (exact) mass is 193 g/mol. The normalized spacial score (nSPS) is 10.6. The molecule has 1 aromatic heterocycles. The first-order valence-electron chi connectivity index (χ1n) is 3.82. The summed E-state index contributed by atoms with van der Waals surface area (Å²) in [6, 6.07) is 2.59. The number of phenolic OH excluding ortho intramolecular Hbond substituents is 1. The third-order valence-corrected chi connectivity index (χ3v) is 1.90. The van der Waals surface area contributed by atoms with Crippen molar-refractivity contribution in [3.63, 3.8) is 0 Å². The van der Waals surface area contributed by atoms with Crippen LogP contribution in [0.25, 0.3) is 10.9 Å². The van der Waals surface area contributed by atoms with Gasteiger partial charge in [-0.3, -0.25) is 0 Å². The molecule has 3 N–H and O–H groups in total. The molecule has 0 aliphatic heterocycles. The number of hydrogen-bond donors (Lipinski definition) is 2. The third kappa shape index (κ3) is 1.13. The van der Waals surface area contributed by atoms with Gasteiger partial charge in [-0.2, -0.15) is 0 Å². The van der Waals surface area contributed by atoms with E-state index in [9.17, 15) is 15.5 Å². The van der Waals surface area contributed by atoms with E-state index in [4.69, 9.17) is 5.73 Å². The van der Waals surface area contributed by atoms with Crippen molar-refractivity contribution in [3.8, 4) is 5.75 Å². The van der Waals surface area contributed by atoms with Gasteiger partial charge >= 0.3 is 6.33 Å². The van der Waals surface area contributed by atoms with Crippen LogP contribution < -0.4 is 15.2 Å². The van der Waals surface area contributed by atoms with Crippen LogP contribution in [-0.2, 0) is 0 Å². The van der Waals surface area contributed by atoms with E-state index in [1.165, 1.54) is 18.3 Å². The summed E-state index contributed by atoms with van der Waals surface area (Å²) in [6.45, 7) is 0. The molecule has 2 aromatic rings. The number of phenols is 1. The molecule has 1 aromatic carbocycles. The average Bonchev–Trinajstić information content (AvgIpc) is 2.08. The smallest absolute Gasteiger partial charge is 0.430 e. The van der Waals surface area contributed by atoms with Gasteiger partial charge in [-0.05, 0) is 6.07 Å². The zero-order valence-corrected chi connectivity index (χ0v) is 7.04. The first-order chi connectivity index (χ1) is 6.58. The van der Waals surface area contributed by atoms with Crippen molar-refractivity contribution in [1.82, 2.24) is 0 Å². The molecule has 1 heterocycles. The Bertz CT molecular complexity index is 513. The van der Waals surface area contributed by atoms with Crippen LogP contribution in [0.2, 0.25) is 0 Å². The Labute approximate surface area is 78.6 Å². The largest absolute Gasteiger partial charge is 0.614 e. The van der Waals surface area contributed by atoms with Crippen LogP contribution in [0.5, 0.6) is 5.75 Å². The summed E-state index contributed by atoms with van der Waals surface area (Å²) >= 11 is 0. The second-order valence-electron chi connectivity index (χ2n) is 2.90. The SMILES string of the molecule is Nc1cc2c[n+]([O-])c[n+]([O-])c2cc1O. The van der Waals surface area contributed by atoms with E-state index in [1.54, 1.807) is 0 Å². The lowest BCUT2D eigenvalue weighted by atomic mass is 10.2. The number of nitrogens with zero attached hydrogens (tertiary/aromatic N) is 2. The highest BCUT2D eigenvalue weighted by Crippen LogP contribution is 2.23. The van der Waals surface area contributed by atoms with Gasteiger partial charge in [0, 0.05) is 0 Å². The van der Waals surface area contributed by atoms with Gasteiger partial charge in [0.05, 0.1) is 11.8 Å². The lowest BCUT2D eigenvalue weighted by Crippen LogP contribution is -2.40. The topological polar surface area (TPSA) is 100 Å². The molecule has 14 heavy (non-hydrogen) atoms. The van der Waals surface area contributed by atoms with E-state index in [-0.39, 0.29) is 17.0 Å². The molecule has 0 amide bonds. The molecule has 0 aliphatic carbocycles. The lowest BCUT2D eigenvalue weighted by Gasteiger charge is -2.03. The standard InChI is InChI=1S/C8H7N3O3/c9-6-1-5-3-10(13)4-11(14)7(5)2-8(6)12/h1-4,12H,9H2. The van der Waals surface area contributed by atoms with E-state index in [0.717, 1.165) is 6.33 Å². The zero-order chi connectivity index (χ0) is 10.3. The molecule has 0 saturated heterocycles. The van der Waals surface area contributed by atoms with E-state index in [0.29, 0.717) is 14.8 Å². The number of nitrogens with two attached hydrogens (primary N) is 1. The summed E-state index contributed by atoms with van der Waals surface area (Å²) in [5, 5.41) is 31.7. The molecule has 2 rings (SSSR count). The van der Waals surface area contributed by atoms with Crippen molar-refractivity contribution in [2.75, 3.05) is 5.73 Å². The summed E-state index contributed by atoms with van der Waals surface area (Å²) in [4.78, 5) is 0. The van der Waals surface area contributed by atoms with Crippen LogP contribution in [0, 0.1) is 10.4 Å². The number of hydrogen-bond acceptors (Lipinski definition) is 4. The van der Waals surface area contributed by atoms with Crippen LogP contribution in [0.15, 0.2) is 24.7 Å². The number of rotatable bonds is 0. The fourth-order valence-electron chi connectivity index (χ4n) is 1.24. The molecule has 0 fully saturated rings. The molecular weight excluding hydrogens is 186 g/mol. The second-order valence-corrected chi connectivity index (χ2v) is 2.90. The van der Waals surface area contributed by atoms with Crippen molar-refractivity contribution in [2.45, 2.75) is 0 Å². The number of fused-ring (bicyclic) bond motifs is 1. The van der Waals surface area contributed by atoms with E-state index in [2.05, 4.69) is 0 Å². The Morgan fingerprint density at radius 2 is 2.00 bits per heavy atom. The van der Waals surface area contributed by atoms with E-state index < -0.39 is 0 Å². The maximum absolute atomic E-state index is 11.2.